The molecule has 0 fully saturated rings. The van der Waals surface area contributed by atoms with Crippen molar-refractivity contribution in [2.24, 2.45) is 0 Å². The van der Waals surface area contributed by atoms with Crippen molar-refractivity contribution < 1.29 is 14.3 Å². The monoisotopic (exact) mass is 415 g/mol. The van der Waals surface area contributed by atoms with Crippen LogP contribution in [0.1, 0.15) is 38.3 Å². The number of carbonyl (C=O) groups excluding carboxylic acids is 1. The summed E-state index contributed by atoms with van der Waals surface area (Å²) in [6.07, 6.45) is 1.76. The van der Waals surface area contributed by atoms with Crippen molar-refractivity contribution in [1.82, 2.24) is 9.88 Å². The Morgan fingerprint density at radius 2 is 1.94 bits per heavy atom. The van der Waals surface area contributed by atoms with Crippen LogP contribution in [0.3, 0.4) is 0 Å². The first-order valence-corrected chi connectivity index (χ1v) is 9.90. The number of carbonyl (C=O) groups is 1. The number of ether oxygens (including phenoxy) is 2. The largest absolute Gasteiger partial charge is 0.496 e. The van der Waals surface area contributed by atoms with Crippen molar-refractivity contribution in [2.75, 3.05) is 14.2 Å². The lowest BCUT2D eigenvalue weighted by Crippen LogP contribution is -2.27. The molecule has 6 nitrogen and oxygen atoms in total. The number of aryl methyl sites for hydroxylation is 1. The number of nitriles is 1. The Labute approximate surface area is 182 Å². The van der Waals surface area contributed by atoms with Crippen molar-refractivity contribution in [3.8, 4) is 17.6 Å². The summed E-state index contributed by atoms with van der Waals surface area (Å²) in [5.41, 5.74) is 4.57. The molecule has 6 heteroatoms. The molecule has 0 N–H and O–H groups in total. The molecular formula is C25H25N3O3. The molecule has 0 radical (unpaired) electrons. The first-order valence-electron chi connectivity index (χ1n) is 9.90. The minimum Gasteiger partial charge on any atom is -0.496 e. The second-order valence-corrected chi connectivity index (χ2v) is 7.29. The standard InChI is InChI=1S/C25H25N3O3/c1-17-14-27-23(18(2)24(17)30-4)15-28(3)25(29)19-10-7-11-22(12-19)31-16-21-9-6-5-8-20(21)13-26/h5-12,14H,15-16H2,1-4H3. The molecule has 158 valence electrons. The van der Waals surface area contributed by atoms with E-state index >= 15 is 0 Å². The van der Waals surface area contributed by atoms with Gasteiger partial charge < -0.3 is 14.4 Å². The first-order chi connectivity index (χ1) is 14.9. The zero-order valence-corrected chi connectivity index (χ0v) is 18.2. The van der Waals surface area contributed by atoms with E-state index in [2.05, 4.69) is 11.1 Å². The number of pyridine rings is 1. The van der Waals surface area contributed by atoms with Crippen LogP contribution < -0.4 is 9.47 Å². The van der Waals surface area contributed by atoms with Gasteiger partial charge in [0.1, 0.15) is 18.1 Å². The predicted octanol–water partition coefficient (Wildman–Crippen LogP) is 4.43. The second kappa shape index (κ2) is 9.77. The third-order valence-electron chi connectivity index (χ3n) is 5.10. The smallest absolute Gasteiger partial charge is 0.254 e. The fourth-order valence-electron chi connectivity index (χ4n) is 3.38. The average Bonchev–Trinajstić information content (AvgIpc) is 2.79. The van der Waals surface area contributed by atoms with Crippen LogP contribution in [-0.4, -0.2) is 29.9 Å². The predicted molar refractivity (Wildman–Crippen MR) is 118 cm³/mol. The SMILES string of the molecule is COc1c(C)cnc(CN(C)C(=O)c2cccc(OCc3ccccc3C#N)c2)c1C. The molecule has 0 aliphatic heterocycles. The molecule has 0 aliphatic rings. The van der Waals surface area contributed by atoms with E-state index in [4.69, 9.17) is 9.47 Å². The molecule has 1 amide bonds. The molecule has 0 saturated carbocycles. The molecule has 0 aliphatic carbocycles. The zero-order valence-electron chi connectivity index (χ0n) is 18.2. The second-order valence-electron chi connectivity index (χ2n) is 7.29. The summed E-state index contributed by atoms with van der Waals surface area (Å²) >= 11 is 0. The Kier molecular flexibility index (Phi) is 6.88. The van der Waals surface area contributed by atoms with Gasteiger partial charge in [0.05, 0.1) is 31.0 Å². The maximum Gasteiger partial charge on any atom is 0.254 e. The fraction of sp³-hybridized carbons (Fsp3) is 0.240. The van der Waals surface area contributed by atoms with Crippen LogP contribution >= 0.6 is 0 Å². The summed E-state index contributed by atoms with van der Waals surface area (Å²) in [4.78, 5) is 19.1. The van der Waals surface area contributed by atoms with E-state index in [9.17, 15) is 10.1 Å². The Morgan fingerprint density at radius 1 is 1.16 bits per heavy atom. The molecule has 3 rings (SSSR count). The Bertz CT molecular complexity index is 1140. The van der Waals surface area contributed by atoms with Crippen LogP contribution in [0.4, 0.5) is 0 Å². The van der Waals surface area contributed by atoms with Gasteiger partial charge >= 0.3 is 0 Å². The van der Waals surface area contributed by atoms with Crippen LogP contribution in [0.15, 0.2) is 54.7 Å². The number of hydrogen-bond donors (Lipinski definition) is 0. The maximum atomic E-state index is 13.0. The van der Waals surface area contributed by atoms with Gasteiger partial charge in [0.15, 0.2) is 0 Å². The third kappa shape index (κ3) is 5.01. The van der Waals surface area contributed by atoms with E-state index in [0.29, 0.717) is 23.4 Å². The van der Waals surface area contributed by atoms with Crippen LogP contribution in [0.2, 0.25) is 0 Å². The fourth-order valence-corrected chi connectivity index (χ4v) is 3.38. The van der Waals surface area contributed by atoms with Crippen molar-refractivity contribution in [2.45, 2.75) is 27.0 Å². The summed E-state index contributed by atoms with van der Waals surface area (Å²) in [6.45, 7) is 4.50. The normalized spacial score (nSPS) is 10.3. The minimum absolute atomic E-state index is 0.136. The Balaban J connectivity index is 1.72. The molecule has 0 unspecified atom stereocenters. The van der Waals surface area contributed by atoms with Crippen LogP contribution in [0.5, 0.6) is 11.5 Å². The molecule has 31 heavy (non-hydrogen) atoms. The van der Waals surface area contributed by atoms with Crippen molar-refractivity contribution in [3.05, 3.63) is 88.2 Å². The minimum atomic E-state index is -0.136. The van der Waals surface area contributed by atoms with Crippen molar-refractivity contribution >= 4 is 5.91 Å². The number of benzene rings is 2. The lowest BCUT2D eigenvalue weighted by atomic mass is 10.1. The molecule has 0 bridgehead atoms. The van der Waals surface area contributed by atoms with Gasteiger partial charge in [0.25, 0.3) is 5.91 Å². The van der Waals surface area contributed by atoms with E-state index < -0.39 is 0 Å². The summed E-state index contributed by atoms with van der Waals surface area (Å²) in [5.74, 6) is 1.22. The van der Waals surface area contributed by atoms with Crippen molar-refractivity contribution in [3.63, 3.8) is 0 Å². The third-order valence-corrected chi connectivity index (χ3v) is 5.10. The van der Waals surface area contributed by atoms with Crippen LogP contribution in [-0.2, 0) is 13.2 Å². The van der Waals surface area contributed by atoms with Gasteiger partial charge in [-0.2, -0.15) is 5.26 Å². The van der Waals surface area contributed by atoms with Gasteiger partial charge in [-0.3, -0.25) is 9.78 Å². The zero-order chi connectivity index (χ0) is 22.4. The average molecular weight is 415 g/mol. The first kappa shape index (κ1) is 21.8. The van der Waals surface area contributed by atoms with Gasteiger partial charge in [-0.15, -0.1) is 0 Å². The van der Waals surface area contributed by atoms with E-state index in [-0.39, 0.29) is 12.5 Å². The Morgan fingerprint density at radius 3 is 2.68 bits per heavy atom. The summed E-state index contributed by atoms with van der Waals surface area (Å²) in [7, 11) is 3.38. The van der Waals surface area contributed by atoms with Gasteiger partial charge in [-0.05, 0) is 38.1 Å². The maximum absolute atomic E-state index is 13.0. The topological polar surface area (TPSA) is 75.4 Å². The van der Waals surface area contributed by atoms with Crippen LogP contribution in [0, 0.1) is 25.2 Å². The lowest BCUT2D eigenvalue weighted by molar-refractivity contribution is 0.0782. The van der Waals surface area contributed by atoms with Crippen molar-refractivity contribution in [1.29, 1.82) is 5.26 Å². The highest BCUT2D eigenvalue weighted by Gasteiger charge is 2.17. The quantitative estimate of drug-likeness (QED) is 0.571. The number of hydrogen-bond acceptors (Lipinski definition) is 5. The highest BCUT2D eigenvalue weighted by Crippen LogP contribution is 2.25. The molecule has 1 aromatic heterocycles. The number of nitrogens with zero attached hydrogens (tertiary/aromatic N) is 3. The molecule has 1 heterocycles. The van der Waals surface area contributed by atoms with Gasteiger partial charge in [0, 0.05) is 35.5 Å². The molecule has 3 aromatic rings. The molecule has 0 atom stereocenters. The highest BCUT2D eigenvalue weighted by atomic mass is 16.5. The van der Waals surface area contributed by atoms with Gasteiger partial charge in [-0.25, -0.2) is 0 Å². The van der Waals surface area contributed by atoms with E-state index in [1.807, 2.05) is 32.0 Å². The molecule has 0 spiro atoms. The van der Waals surface area contributed by atoms with E-state index in [1.165, 1.54) is 0 Å². The highest BCUT2D eigenvalue weighted by molar-refractivity contribution is 5.94. The summed E-state index contributed by atoms with van der Waals surface area (Å²) < 4.78 is 11.3. The summed E-state index contributed by atoms with van der Waals surface area (Å²) in [6, 6.07) is 16.5. The molecule has 0 saturated heterocycles. The Hall–Kier alpha value is -3.85. The number of rotatable bonds is 7. The van der Waals surface area contributed by atoms with Gasteiger partial charge in [-0.1, -0.05) is 24.3 Å². The number of methoxy groups -OCH3 is 1. The van der Waals surface area contributed by atoms with E-state index in [0.717, 1.165) is 28.1 Å². The van der Waals surface area contributed by atoms with Gasteiger partial charge in [0.2, 0.25) is 0 Å². The lowest BCUT2D eigenvalue weighted by Gasteiger charge is -2.20. The molecule has 2 aromatic carbocycles. The number of aromatic nitrogens is 1. The van der Waals surface area contributed by atoms with E-state index in [1.54, 1.807) is 55.6 Å². The number of amides is 1. The summed E-state index contributed by atoms with van der Waals surface area (Å²) in [5, 5.41) is 9.21. The van der Waals surface area contributed by atoms with Crippen LogP contribution in [0.25, 0.3) is 0 Å². The molecular weight excluding hydrogens is 390 g/mol.